The minimum Gasteiger partial charge on any atom is -0.374 e. The van der Waals surface area contributed by atoms with Gasteiger partial charge in [0.25, 0.3) is 0 Å². The van der Waals surface area contributed by atoms with Gasteiger partial charge in [0, 0.05) is 4.47 Å². The van der Waals surface area contributed by atoms with Crippen LogP contribution in [-0.2, 0) is 4.79 Å². The first-order valence-corrected chi connectivity index (χ1v) is 6.38. The van der Waals surface area contributed by atoms with Crippen molar-refractivity contribution >= 4 is 50.6 Å². The second-order valence-corrected chi connectivity index (χ2v) is 4.99. The van der Waals surface area contributed by atoms with Crippen molar-refractivity contribution in [2.24, 2.45) is 10.8 Å². The first-order chi connectivity index (χ1) is 8.99. The summed E-state index contributed by atoms with van der Waals surface area (Å²) in [4.78, 5) is 11.9. The third-order valence-corrected chi connectivity index (χ3v) is 2.96. The number of nitrogens with zero attached hydrogens (tertiary/aromatic N) is 2. The Morgan fingerprint density at radius 3 is 2.89 bits per heavy atom. The van der Waals surface area contributed by atoms with E-state index in [2.05, 4.69) is 38.5 Å². The van der Waals surface area contributed by atoms with E-state index in [4.69, 9.17) is 18.0 Å². The van der Waals surface area contributed by atoms with Gasteiger partial charge in [0.1, 0.15) is 0 Å². The summed E-state index contributed by atoms with van der Waals surface area (Å²) in [7, 11) is 0. The van der Waals surface area contributed by atoms with Gasteiger partial charge in [-0.1, -0.05) is 28.6 Å². The highest BCUT2D eigenvalue weighted by molar-refractivity contribution is 9.10. The van der Waals surface area contributed by atoms with Crippen molar-refractivity contribution in [1.29, 1.82) is 0 Å². The van der Waals surface area contributed by atoms with Gasteiger partial charge in [0.05, 0.1) is 11.4 Å². The fraction of sp³-hybridized carbons (Fsp3) is 0. The highest BCUT2D eigenvalue weighted by Crippen LogP contribution is 2.16. The number of nitrogens with two attached hydrogens (primary N) is 1. The zero-order chi connectivity index (χ0) is 14.0. The number of carbonyl (C=O) groups excluding carboxylic acids is 1. The number of halogens is 1. The van der Waals surface area contributed by atoms with Crippen LogP contribution in [-0.4, -0.2) is 21.7 Å². The van der Waals surface area contributed by atoms with E-state index in [1.54, 1.807) is 0 Å². The average molecular weight is 340 g/mol. The second kappa shape index (κ2) is 5.37. The number of hydrogen-bond donors (Lipinski definition) is 3. The summed E-state index contributed by atoms with van der Waals surface area (Å²) < 4.78 is 0.900. The number of amides is 1. The van der Waals surface area contributed by atoms with Gasteiger partial charge < -0.3 is 5.73 Å². The molecule has 1 amide bonds. The van der Waals surface area contributed by atoms with Crippen LogP contribution in [0.15, 0.2) is 46.1 Å². The van der Waals surface area contributed by atoms with Gasteiger partial charge in [-0.2, -0.15) is 10.1 Å². The fourth-order valence-corrected chi connectivity index (χ4v) is 1.95. The van der Waals surface area contributed by atoms with Crippen molar-refractivity contribution in [1.82, 2.24) is 10.4 Å². The molecule has 1 saturated heterocycles. The number of anilines is 1. The molecule has 98 valence electrons. The Balaban J connectivity index is 2.18. The second-order valence-electron chi connectivity index (χ2n) is 3.65. The summed E-state index contributed by atoms with van der Waals surface area (Å²) in [6.07, 6.45) is 0. The molecule has 0 saturated carbocycles. The third kappa shape index (κ3) is 2.91. The maximum atomic E-state index is 11.9. The molecule has 1 aliphatic rings. The number of rotatable bonds is 2. The van der Waals surface area contributed by atoms with Crippen LogP contribution in [0.1, 0.15) is 0 Å². The van der Waals surface area contributed by atoms with Crippen LogP contribution >= 0.6 is 28.1 Å². The molecule has 1 fully saturated rings. The minimum atomic E-state index is -0.444. The monoisotopic (exact) mass is 339 g/mol. The molecule has 1 aromatic rings. The van der Waals surface area contributed by atoms with Gasteiger partial charge in [-0.05, 0) is 30.4 Å². The van der Waals surface area contributed by atoms with Gasteiger partial charge in [0.15, 0.2) is 10.8 Å². The Labute approximate surface area is 123 Å². The number of benzene rings is 1. The topological polar surface area (TPSA) is 82.8 Å². The van der Waals surface area contributed by atoms with Crippen LogP contribution in [0.4, 0.5) is 5.69 Å². The fourth-order valence-electron chi connectivity index (χ4n) is 1.42. The molecule has 8 heteroatoms. The molecule has 0 atom stereocenters. The Morgan fingerprint density at radius 2 is 2.32 bits per heavy atom. The molecule has 2 rings (SSSR count). The zero-order valence-corrected chi connectivity index (χ0v) is 12.1. The van der Waals surface area contributed by atoms with Gasteiger partial charge in [-0.25, -0.2) is 0 Å². The van der Waals surface area contributed by atoms with Gasteiger partial charge in [0.2, 0.25) is 0 Å². The molecule has 0 radical (unpaired) electrons. The predicted molar refractivity (Wildman–Crippen MR) is 81.1 cm³/mol. The Kier molecular flexibility index (Phi) is 3.82. The van der Waals surface area contributed by atoms with Crippen LogP contribution in [0.25, 0.3) is 0 Å². The maximum absolute atomic E-state index is 11.9. The van der Waals surface area contributed by atoms with Crippen molar-refractivity contribution in [3.05, 3.63) is 41.0 Å². The molecule has 0 spiro atoms. The van der Waals surface area contributed by atoms with E-state index < -0.39 is 5.91 Å². The number of hydrogen-bond acceptors (Lipinski definition) is 5. The van der Waals surface area contributed by atoms with Crippen molar-refractivity contribution in [3.63, 3.8) is 0 Å². The van der Waals surface area contributed by atoms with Crippen LogP contribution < -0.4 is 16.6 Å². The molecule has 1 heterocycles. The van der Waals surface area contributed by atoms with E-state index in [-0.39, 0.29) is 10.8 Å². The third-order valence-electron chi connectivity index (χ3n) is 2.28. The number of hydrazone groups is 1. The summed E-state index contributed by atoms with van der Waals surface area (Å²) in [6, 6.07) is 7.37. The largest absolute Gasteiger partial charge is 0.374 e. The SMILES string of the molecule is C=C1NN(C(N)=S)C(=O)C1=NNc1cccc(Br)c1. The molecule has 19 heavy (non-hydrogen) atoms. The summed E-state index contributed by atoms with van der Waals surface area (Å²) in [5, 5.41) is 4.94. The lowest BCUT2D eigenvalue weighted by molar-refractivity contribution is -0.120. The van der Waals surface area contributed by atoms with Gasteiger partial charge >= 0.3 is 5.91 Å². The molecule has 0 unspecified atom stereocenters. The van der Waals surface area contributed by atoms with E-state index in [1.165, 1.54) is 0 Å². The molecular weight excluding hydrogens is 330 g/mol. The van der Waals surface area contributed by atoms with Crippen LogP contribution in [0.5, 0.6) is 0 Å². The number of carbonyl (C=O) groups is 1. The van der Waals surface area contributed by atoms with Crippen molar-refractivity contribution < 1.29 is 4.79 Å². The lowest BCUT2D eigenvalue weighted by Crippen LogP contribution is -2.43. The standard InChI is InChI=1S/C11H10BrN5OS/c1-6-9(10(18)17(16-6)11(13)19)15-14-8-4-2-3-7(12)5-8/h2-5,14,16H,1H2,(H2,13,19). The molecule has 0 aliphatic carbocycles. The first kappa shape index (κ1) is 13.5. The summed E-state index contributed by atoms with van der Waals surface area (Å²) in [6.45, 7) is 3.68. The van der Waals surface area contributed by atoms with Crippen molar-refractivity contribution in [2.45, 2.75) is 0 Å². The molecule has 0 aromatic heterocycles. The van der Waals surface area contributed by atoms with E-state index in [0.29, 0.717) is 5.70 Å². The number of thiocarbonyl (C=S) groups is 1. The van der Waals surface area contributed by atoms with E-state index in [1.807, 2.05) is 24.3 Å². The average Bonchev–Trinajstić information content (AvgIpc) is 2.63. The Hall–Kier alpha value is -1.93. The highest BCUT2D eigenvalue weighted by Gasteiger charge is 2.32. The zero-order valence-electron chi connectivity index (χ0n) is 9.68. The highest BCUT2D eigenvalue weighted by atomic mass is 79.9. The molecule has 4 N–H and O–H groups in total. The molecule has 1 aliphatic heterocycles. The first-order valence-electron chi connectivity index (χ1n) is 5.18. The van der Waals surface area contributed by atoms with E-state index in [0.717, 1.165) is 15.2 Å². The minimum absolute atomic E-state index is 0.0844. The smallest absolute Gasteiger partial charge is 0.301 e. The van der Waals surface area contributed by atoms with Gasteiger partial charge in [-0.15, -0.1) is 0 Å². The Bertz CT molecular complexity index is 601. The summed E-state index contributed by atoms with van der Waals surface area (Å²) >= 11 is 8.07. The number of hydrazine groups is 1. The maximum Gasteiger partial charge on any atom is 0.301 e. The van der Waals surface area contributed by atoms with Crippen LogP contribution in [0, 0.1) is 0 Å². The predicted octanol–water partition coefficient (Wildman–Crippen LogP) is 1.32. The van der Waals surface area contributed by atoms with Gasteiger partial charge in [-0.3, -0.25) is 15.6 Å². The lowest BCUT2D eigenvalue weighted by atomic mass is 10.3. The quantitative estimate of drug-likeness (QED) is 0.559. The summed E-state index contributed by atoms with van der Waals surface area (Å²) in [5.74, 6) is -0.444. The Morgan fingerprint density at radius 1 is 1.58 bits per heavy atom. The molecule has 1 aromatic carbocycles. The normalized spacial score (nSPS) is 16.7. The van der Waals surface area contributed by atoms with E-state index >= 15 is 0 Å². The van der Waals surface area contributed by atoms with Crippen molar-refractivity contribution in [2.75, 3.05) is 5.43 Å². The molecule has 0 bridgehead atoms. The van der Waals surface area contributed by atoms with Crippen molar-refractivity contribution in [3.8, 4) is 0 Å². The van der Waals surface area contributed by atoms with E-state index in [9.17, 15) is 4.79 Å². The van der Waals surface area contributed by atoms with Crippen LogP contribution in [0.3, 0.4) is 0 Å². The molecule has 6 nitrogen and oxygen atoms in total. The molecular formula is C11H10BrN5OS. The summed E-state index contributed by atoms with van der Waals surface area (Å²) in [5.41, 5.74) is 12.0. The number of nitrogens with one attached hydrogen (secondary N) is 2. The van der Waals surface area contributed by atoms with Crippen LogP contribution in [0.2, 0.25) is 0 Å². The lowest BCUT2D eigenvalue weighted by Gasteiger charge is -2.11.